The molecular weight excluding hydrogens is 569 g/mol. The summed E-state index contributed by atoms with van der Waals surface area (Å²) in [6.45, 7) is 10.1. The van der Waals surface area contributed by atoms with E-state index >= 15 is 0 Å². The summed E-state index contributed by atoms with van der Waals surface area (Å²) in [4.78, 5) is 0. The van der Waals surface area contributed by atoms with Gasteiger partial charge in [-0.15, -0.1) is 0 Å². The molecule has 0 heterocycles. The van der Waals surface area contributed by atoms with Crippen molar-refractivity contribution in [3.8, 4) is 0 Å². The van der Waals surface area contributed by atoms with Gasteiger partial charge >= 0.3 is 0 Å². The van der Waals surface area contributed by atoms with E-state index in [4.69, 9.17) is 9.47 Å². The van der Waals surface area contributed by atoms with E-state index in [1.165, 1.54) is 166 Å². The van der Waals surface area contributed by atoms with Crippen LogP contribution in [0.15, 0.2) is 24.3 Å². The first-order chi connectivity index (χ1) is 22.2. The number of ether oxygens (including phenoxy) is 2. The highest BCUT2D eigenvalue weighted by Crippen LogP contribution is 2.40. The summed E-state index contributed by atoms with van der Waals surface area (Å²) in [6.07, 6.45) is 44.3. The van der Waals surface area contributed by atoms with Gasteiger partial charge in [-0.25, -0.2) is 0 Å². The van der Waals surface area contributed by atoms with Gasteiger partial charge in [-0.05, 0) is 63.2 Å². The van der Waals surface area contributed by atoms with Gasteiger partial charge < -0.3 is 9.47 Å². The maximum absolute atomic E-state index is 6.58. The molecule has 45 heavy (non-hydrogen) atoms. The summed E-state index contributed by atoms with van der Waals surface area (Å²) in [5, 5.41) is 0. The summed E-state index contributed by atoms with van der Waals surface area (Å²) in [7, 11) is 1.89. The summed E-state index contributed by atoms with van der Waals surface area (Å²) >= 11 is 4.35. The predicted octanol–water partition coefficient (Wildman–Crippen LogP) is 14.0. The Labute approximate surface area is 289 Å². The minimum atomic E-state index is 0.398. The van der Waals surface area contributed by atoms with Gasteiger partial charge in [0.15, 0.2) is 0 Å². The predicted molar refractivity (Wildman–Crippen MR) is 205 cm³/mol. The lowest BCUT2D eigenvalue weighted by Crippen LogP contribution is -2.21. The quantitative estimate of drug-likeness (QED) is 0.0425. The number of methoxy groups -OCH3 is 1. The Bertz CT molecular complexity index is 661. The molecule has 1 aliphatic carbocycles. The van der Waals surface area contributed by atoms with Crippen molar-refractivity contribution in [3.63, 3.8) is 0 Å². The van der Waals surface area contributed by atoms with Crippen LogP contribution in [0.1, 0.15) is 200 Å². The van der Waals surface area contributed by atoms with Gasteiger partial charge in [0, 0.05) is 19.5 Å². The zero-order chi connectivity index (χ0) is 32.6. The third kappa shape index (κ3) is 24.5. The second-order valence-corrected chi connectivity index (χ2v) is 14.9. The van der Waals surface area contributed by atoms with Gasteiger partial charge in [0.2, 0.25) is 0 Å². The Kier molecular flexibility index (Phi) is 30.7. The molecule has 0 aliphatic heterocycles. The SMILES string of the molecule is C=C(CCC(CCCCCCCCCCCCCC)OCCCCCCCCCCCC)CC1CCC(OC)C1C/C=C\CS. The molecule has 1 fully saturated rings. The largest absolute Gasteiger partial charge is 0.381 e. The van der Waals surface area contributed by atoms with E-state index in [1.807, 2.05) is 7.11 Å². The molecule has 0 aromatic heterocycles. The lowest BCUT2D eigenvalue weighted by Gasteiger charge is -2.24. The van der Waals surface area contributed by atoms with Gasteiger partial charge in [0.25, 0.3) is 0 Å². The lowest BCUT2D eigenvalue weighted by molar-refractivity contribution is 0.0372. The molecule has 3 heteroatoms. The summed E-state index contributed by atoms with van der Waals surface area (Å²) in [5.74, 6) is 2.14. The van der Waals surface area contributed by atoms with Crippen LogP contribution in [0.2, 0.25) is 0 Å². The van der Waals surface area contributed by atoms with Crippen LogP contribution >= 0.6 is 12.6 Å². The van der Waals surface area contributed by atoms with E-state index in [2.05, 4.69) is 45.2 Å². The van der Waals surface area contributed by atoms with Gasteiger partial charge in [-0.3, -0.25) is 0 Å². The second kappa shape index (κ2) is 32.3. The van der Waals surface area contributed by atoms with E-state index in [9.17, 15) is 0 Å². The number of allylic oxidation sites excluding steroid dienone is 2. The van der Waals surface area contributed by atoms with Gasteiger partial charge in [0.1, 0.15) is 0 Å². The van der Waals surface area contributed by atoms with Crippen molar-refractivity contribution in [1.29, 1.82) is 0 Å². The van der Waals surface area contributed by atoms with Crippen molar-refractivity contribution < 1.29 is 9.47 Å². The third-order valence-corrected chi connectivity index (χ3v) is 10.7. The van der Waals surface area contributed by atoms with Gasteiger partial charge in [0.05, 0.1) is 12.2 Å². The van der Waals surface area contributed by atoms with Gasteiger partial charge in [-0.2, -0.15) is 12.6 Å². The fraction of sp³-hybridized carbons (Fsp3) is 0.905. The molecule has 0 bridgehead atoms. The highest BCUT2D eigenvalue weighted by Gasteiger charge is 2.35. The standard InChI is InChI=1S/C42H80O2S/c1-5-7-9-11-13-15-17-18-19-21-23-25-29-40(44-35-27-24-22-20-16-14-12-10-8-6-2)33-31-38(3)37-39-32-34-42(43-4)41(39)30-26-28-36-45/h26,28,39-42,45H,3,5-25,27,29-37H2,1-2,4H3/b28-26-. The zero-order valence-corrected chi connectivity index (χ0v) is 31.7. The van der Waals surface area contributed by atoms with Crippen LogP contribution in [0.5, 0.6) is 0 Å². The first kappa shape index (κ1) is 42.8. The first-order valence-corrected chi connectivity index (χ1v) is 20.9. The molecular formula is C42H80O2S. The lowest BCUT2D eigenvalue weighted by atomic mass is 9.85. The molecule has 0 aromatic rings. The fourth-order valence-electron chi connectivity index (χ4n) is 7.53. The number of hydrogen-bond donors (Lipinski definition) is 1. The van der Waals surface area contributed by atoms with E-state index in [0.717, 1.165) is 38.0 Å². The van der Waals surface area contributed by atoms with Crippen LogP contribution < -0.4 is 0 Å². The molecule has 2 nitrogen and oxygen atoms in total. The molecule has 1 rings (SSSR count). The Hall–Kier alpha value is -0.250. The summed E-state index contributed by atoms with van der Waals surface area (Å²) in [5.41, 5.74) is 1.43. The molecule has 0 aromatic carbocycles. The average molecular weight is 649 g/mol. The smallest absolute Gasteiger partial charge is 0.0605 e. The maximum Gasteiger partial charge on any atom is 0.0605 e. The van der Waals surface area contributed by atoms with Crippen LogP contribution in [-0.2, 0) is 9.47 Å². The van der Waals surface area contributed by atoms with Crippen molar-refractivity contribution in [2.24, 2.45) is 11.8 Å². The van der Waals surface area contributed by atoms with E-state index in [0.29, 0.717) is 24.0 Å². The Morgan fingerprint density at radius 2 is 1.20 bits per heavy atom. The molecule has 0 saturated heterocycles. The summed E-state index contributed by atoms with van der Waals surface area (Å²) < 4.78 is 12.5. The molecule has 0 N–H and O–H groups in total. The molecule has 0 radical (unpaired) electrons. The van der Waals surface area contributed by atoms with Crippen molar-refractivity contribution in [3.05, 3.63) is 24.3 Å². The van der Waals surface area contributed by atoms with Crippen LogP contribution in [-0.4, -0.2) is 31.7 Å². The van der Waals surface area contributed by atoms with Crippen LogP contribution in [0.25, 0.3) is 0 Å². The number of hydrogen-bond acceptors (Lipinski definition) is 3. The van der Waals surface area contributed by atoms with E-state index in [-0.39, 0.29) is 0 Å². The molecule has 266 valence electrons. The molecule has 4 unspecified atom stereocenters. The molecule has 1 saturated carbocycles. The monoisotopic (exact) mass is 649 g/mol. The zero-order valence-electron chi connectivity index (χ0n) is 30.9. The molecule has 0 amide bonds. The summed E-state index contributed by atoms with van der Waals surface area (Å²) in [6, 6.07) is 0. The third-order valence-electron chi connectivity index (χ3n) is 10.5. The van der Waals surface area contributed by atoms with Crippen LogP contribution in [0.4, 0.5) is 0 Å². The van der Waals surface area contributed by atoms with Crippen LogP contribution in [0.3, 0.4) is 0 Å². The van der Waals surface area contributed by atoms with Crippen molar-refractivity contribution in [1.82, 2.24) is 0 Å². The molecule has 1 aliphatic rings. The average Bonchev–Trinajstić information content (AvgIpc) is 3.43. The van der Waals surface area contributed by atoms with Crippen LogP contribution in [0, 0.1) is 11.8 Å². The fourth-order valence-corrected chi connectivity index (χ4v) is 7.68. The second-order valence-electron chi connectivity index (χ2n) is 14.5. The van der Waals surface area contributed by atoms with E-state index < -0.39 is 0 Å². The minimum absolute atomic E-state index is 0.398. The minimum Gasteiger partial charge on any atom is -0.381 e. The number of rotatable bonds is 34. The Morgan fingerprint density at radius 1 is 0.689 bits per heavy atom. The van der Waals surface area contributed by atoms with Crippen molar-refractivity contribution >= 4 is 12.6 Å². The normalized spacial score (nSPS) is 19.2. The van der Waals surface area contributed by atoms with Crippen molar-refractivity contribution in [2.75, 3.05) is 19.5 Å². The van der Waals surface area contributed by atoms with Gasteiger partial charge in [-0.1, -0.05) is 173 Å². The maximum atomic E-state index is 6.58. The molecule has 4 atom stereocenters. The van der Waals surface area contributed by atoms with Crippen molar-refractivity contribution in [2.45, 2.75) is 212 Å². The highest BCUT2D eigenvalue weighted by atomic mass is 32.1. The topological polar surface area (TPSA) is 18.5 Å². The Morgan fingerprint density at radius 3 is 1.71 bits per heavy atom. The number of unbranched alkanes of at least 4 members (excludes halogenated alkanes) is 20. The Balaban J connectivity index is 2.35. The molecule has 0 spiro atoms. The first-order valence-electron chi connectivity index (χ1n) is 20.2. The highest BCUT2D eigenvalue weighted by molar-refractivity contribution is 7.80. The number of thiol groups is 1. The van der Waals surface area contributed by atoms with E-state index in [1.54, 1.807) is 0 Å².